The molecule has 94 valence electrons. The van der Waals surface area contributed by atoms with Crippen molar-refractivity contribution >= 4 is 17.3 Å². The lowest BCUT2D eigenvalue weighted by Crippen LogP contribution is -2.15. The summed E-state index contributed by atoms with van der Waals surface area (Å²) < 4.78 is 13.5. The Bertz CT molecular complexity index is 641. The Labute approximate surface area is 108 Å². The van der Waals surface area contributed by atoms with E-state index in [1.165, 1.54) is 36.5 Å². The maximum atomic E-state index is 13.5. The van der Waals surface area contributed by atoms with E-state index >= 15 is 0 Å². The number of nitrogens with zero attached hydrogens (tertiary/aromatic N) is 2. The number of hydrogen-bond acceptors (Lipinski definition) is 4. The second-order valence-electron chi connectivity index (χ2n) is 3.70. The van der Waals surface area contributed by atoms with E-state index in [9.17, 15) is 9.18 Å². The number of nitriles is 1. The fraction of sp³-hybridized carbons (Fsp3) is 0. The predicted octanol–water partition coefficient (Wildman–Crippen LogP) is 1.93. The van der Waals surface area contributed by atoms with Crippen LogP contribution in [-0.4, -0.2) is 10.9 Å². The van der Waals surface area contributed by atoms with E-state index in [0.29, 0.717) is 5.56 Å². The van der Waals surface area contributed by atoms with Gasteiger partial charge in [0.2, 0.25) is 0 Å². The maximum Gasteiger partial charge on any atom is 0.274 e. The van der Waals surface area contributed by atoms with E-state index in [4.69, 9.17) is 11.0 Å². The van der Waals surface area contributed by atoms with Crippen LogP contribution in [0.2, 0.25) is 0 Å². The minimum atomic E-state index is -0.623. The third kappa shape index (κ3) is 2.66. The number of carbonyl (C=O) groups excluding carboxylic acids is 1. The fourth-order valence-electron chi connectivity index (χ4n) is 1.44. The molecule has 2 aromatic rings. The molecule has 0 saturated heterocycles. The van der Waals surface area contributed by atoms with Crippen molar-refractivity contribution < 1.29 is 9.18 Å². The van der Waals surface area contributed by atoms with Gasteiger partial charge in [0.1, 0.15) is 23.3 Å². The molecule has 0 atom stereocenters. The van der Waals surface area contributed by atoms with Gasteiger partial charge in [0.05, 0.1) is 11.3 Å². The smallest absolute Gasteiger partial charge is 0.274 e. The number of nitrogen functional groups attached to an aromatic ring is 1. The zero-order valence-electron chi connectivity index (χ0n) is 9.72. The zero-order valence-corrected chi connectivity index (χ0v) is 9.72. The highest BCUT2D eigenvalue weighted by Gasteiger charge is 2.12. The Morgan fingerprint density at radius 2 is 2.16 bits per heavy atom. The molecule has 0 aliphatic carbocycles. The van der Waals surface area contributed by atoms with Crippen molar-refractivity contribution in [1.29, 1.82) is 5.26 Å². The van der Waals surface area contributed by atoms with Crippen LogP contribution in [-0.2, 0) is 0 Å². The first-order valence-corrected chi connectivity index (χ1v) is 5.33. The quantitative estimate of drug-likeness (QED) is 0.803. The number of aromatic nitrogens is 1. The molecule has 5 nitrogen and oxygen atoms in total. The van der Waals surface area contributed by atoms with Gasteiger partial charge in [-0.25, -0.2) is 9.37 Å². The molecule has 6 heteroatoms. The second kappa shape index (κ2) is 5.14. The van der Waals surface area contributed by atoms with Crippen LogP contribution in [0.3, 0.4) is 0 Å². The Balaban J connectivity index is 2.23. The molecule has 0 aliphatic rings. The number of halogens is 1. The van der Waals surface area contributed by atoms with Crippen molar-refractivity contribution in [3.05, 3.63) is 53.6 Å². The second-order valence-corrected chi connectivity index (χ2v) is 3.70. The normalized spacial score (nSPS) is 9.68. The van der Waals surface area contributed by atoms with E-state index in [1.807, 2.05) is 6.07 Å². The van der Waals surface area contributed by atoms with Gasteiger partial charge in [-0.2, -0.15) is 5.26 Å². The monoisotopic (exact) mass is 256 g/mol. The molecule has 2 rings (SSSR count). The van der Waals surface area contributed by atoms with Gasteiger partial charge < -0.3 is 11.1 Å². The number of nitrogens with two attached hydrogens (primary N) is 1. The zero-order chi connectivity index (χ0) is 13.8. The van der Waals surface area contributed by atoms with Crippen molar-refractivity contribution in [2.75, 3.05) is 11.1 Å². The SMILES string of the molecule is N#Cc1ccc(C(=O)Nc2c(N)cccc2F)nc1. The fourth-order valence-corrected chi connectivity index (χ4v) is 1.44. The standard InChI is InChI=1S/C13H9FN4O/c14-9-2-1-3-10(16)12(9)18-13(19)11-5-4-8(6-15)7-17-11/h1-5,7H,16H2,(H,18,19). The van der Waals surface area contributed by atoms with Crippen LogP contribution in [0.25, 0.3) is 0 Å². The van der Waals surface area contributed by atoms with E-state index in [-0.39, 0.29) is 17.1 Å². The van der Waals surface area contributed by atoms with E-state index in [1.54, 1.807) is 0 Å². The first-order valence-electron chi connectivity index (χ1n) is 5.33. The molecular weight excluding hydrogens is 247 g/mol. The van der Waals surface area contributed by atoms with Crippen molar-refractivity contribution in [3.63, 3.8) is 0 Å². The van der Waals surface area contributed by atoms with Gasteiger partial charge in [0.25, 0.3) is 5.91 Å². The lowest BCUT2D eigenvalue weighted by Gasteiger charge is -2.08. The average Bonchev–Trinajstić information content (AvgIpc) is 2.43. The van der Waals surface area contributed by atoms with Gasteiger partial charge in [-0.3, -0.25) is 4.79 Å². The molecule has 0 saturated carbocycles. The van der Waals surface area contributed by atoms with Crippen LogP contribution < -0.4 is 11.1 Å². The Morgan fingerprint density at radius 1 is 1.37 bits per heavy atom. The summed E-state index contributed by atoms with van der Waals surface area (Å²) in [6.07, 6.45) is 1.26. The summed E-state index contributed by atoms with van der Waals surface area (Å²) in [5.41, 5.74) is 6.02. The maximum absolute atomic E-state index is 13.5. The van der Waals surface area contributed by atoms with Gasteiger partial charge in [-0.15, -0.1) is 0 Å². The summed E-state index contributed by atoms with van der Waals surface area (Å²) in [7, 11) is 0. The number of benzene rings is 1. The van der Waals surface area contributed by atoms with Crippen molar-refractivity contribution in [1.82, 2.24) is 4.98 Å². The Hall–Kier alpha value is -2.94. The number of hydrogen-bond donors (Lipinski definition) is 2. The van der Waals surface area contributed by atoms with Crippen molar-refractivity contribution in [2.45, 2.75) is 0 Å². The number of nitrogens with one attached hydrogen (secondary N) is 1. The molecule has 0 spiro atoms. The lowest BCUT2D eigenvalue weighted by molar-refractivity contribution is 0.102. The number of anilines is 2. The number of amides is 1. The third-order valence-electron chi connectivity index (χ3n) is 2.41. The molecular formula is C13H9FN4O. The van der Waals surface area contributed by atoms with Crippen LogP contribution in [0.1, 0.15) is 16.1 Å². The summed E-state index contributed by atoms with van der Waals surface area (Å²) in [6, 6.07) is 8.83. The molecule has 0 unspecified atom stereocenters. The molecule has 3 N–H and O–H groups in total. The van der Waals surface area contributed by atoms with Crippen LogP contribution in [0.5, 0.6) is 0 Å². The van der Waals surface area contributed by atoms with E-state index < -0.39 is 11.7 Å². The molecule has 1 aromatic carbocycles. The molecule has 0 bridgehead atoms. The largest absolute Gasteiger partial charge is 0.397 e. The summed E-state index contributed by atoms with van der Waals surface area (Å²) in [4.78, 5) is 15.6. The lowest BCUT2D eigenvalue weighted by atomic mass is 10.2. The third-order valence-corrected chi connectivity index (χ3v) is 2.41. The molecule has 19 heavy (non-hydrogen) atoms. The van der Waals surface area contributed by atoms with Crippen molar-refractivity contribution in [2.24, 2.45) is 0 Å². The summed E-state index contributed by atoms with van der Waals surface area (Å²) in [5, 5.41) is 11.0. The number of rotatable bonds is 2. The summed E-state index contributed by atoms with van der Waals surface area (Å²) in [6.45, 7) is 0. The highest BCUT2D eigenvalue weighted by atomic mass is 19.1. The first kappa shape index (κ1) is 12.5. The van der Waals surface area contributed by atoms with Crippen LogP contribution >= 0.6 is 0 Å². The highest BCUT2D eigenvalue weighted by molar-refractivity contribution is 6.04. The molecule has 0 aliphatic heterocycles. The van der Waals surface area contributed by atoms with Gasteiger partial charge in [0.15, 0.2) is 0 Å². The van der Waals surface area contributed by atoms with Crippen molar-refractivity contribution in [3.8, 4) is 6.07 Å². The van der Waals surface area contributed by atoms with Gasteiger partial charge >= 0.3 is 0 Å². The summed E-state index contributed by atoms with van der Waals surface area (Å²) in [5.74, 6) is -1.22. The molecule has 1 heterocycles. The highest BCUT2D eigenvalue weighted by Crippen LogP contribution is 2.22. The Kier molecular flexibility index (Phi) is 3.39. The minimum Gasteiger partial charge on any atom is -0.397 e. The minimum absolute atomic E-state index is 0.0710. The molecule has 0 fully saturated rings. The number of para-hydroxylation sites is 1. The molecule has 0 radical (unpaired) electrons. The predicted molar refractivity (Wildman–Crippen MR) is 67.7 cm³/mol. The average molecular weight is 256 g/mol. The Morgan fingerprint density at radius 3 is 2.74 bits per heavy atom. The van der Waals surface area contributed by atoms with Gasteiger partial charge in [-0.05, 0) is 24.3 Å². The number of pyridine rings is 1. The molecule has 1 aromatic heterocycles. The van der Waals surface area contributed by atoms with Crippen LogP contribution in [0.15, 0.2) is 36.5 Å². The van der Waals surface area contributed by atoms with E-state index in [0.717, 1.165) is 0 Å². The van der Waals surface area contributed by atoms with Crippen LogP contribution in [0.4, 0.5) is 15.8 Å². The van der Waals surface area contributed by atoms with E-state index in [2.05, 4.69) is 10.3 Å². The number of carbonyl (C=O) groups is 1. The van der Waals surface area contributed by atoms with Gasteiger partial charge in [0, 0.05) is 6.20 Å². The first-order chi connectivity index (χ1) is 9.11. The summed E-state index contributed by atoms with van der Waals surface area (Å²) >= 11 is 0. The van der Waals surface area contributed by atoms with Crippen LogP contribution in [0, 0.1) is 17.1 Å². The molecule has 1 amide bonds. The topological polar surface area (TPSA) is 91.8 Å². The van der Waals surface area contributed by atoms with Gasteiger partial charge in [-0.1, -0.05) is 6.07 Å².